The first-order chi connectivity index (χ1) is 15.2. The predicted octanol–water partition coefficient (Wildman–Crippen LogP) is 3.08. The molecule has 3 rings (SSSR count). The highest BCUT2D eigenvalue weighted by atomic mass is 32.1. The van der Waals surface area contributed by atoms with Gasteiger partial charge in [-0.1, -0.05) is 0 Å². The van der Waals surface area contributed by atoms with Gasteiger partial charge in [0.1, 0.15) is 5.00 Å². The van der Waals surface area contributed by atoms with Crippen molar-refractivity contribution < 1.29 is 41.0 Å². The number of thiophene rings is 1. The summed E-state index contributed by atoms with van der Waals surface area (Å²) in [7, 11) is 0. The van der Waals surface area contributed by atoms with E-state index in [1.165, 1.54) is 0 Å². The molecule has 0 atom stereocenters. The van der Waals surface area contributed by atoms with Gasteiger partial charge in [-0.15, -0.1) is 11.3 Å². The number of carboxylic acid groups (broad SMARTS) is 1. The SMILES string of the molecule is O=C(NCc1cc(C(=O)O)c(Nn2c(=O)c2=O)s1)Nc1cc(C(F)(F)F)cc(C(F)(F)F)c1. The normalized spacial score (nSPS) is 12.1. The van der Waals surface area contributed by atoms with E-state index in [-0.39, 0.29) is 28.1 Å². The fourth-order valence-electron chi connectivity index (χ4n) is 2.48. The maximum atomic E-state index is 12.9. The lowest BCUT2D eigenvalue weighted by Crippen LogP contribution is -2.28. The summed E-state index contributed by atoms with van der Waals surface area (Å²) in [5.41, 5.74) is -3.84. The molecule has 0 unspecified atom stereocenters. The van der Waals surface area contributed by atoms with Crippen molar-refractivity contribution in [3.05, 3.63) is 66.5 Å². The Bertz CT molecular complexity index is 1240. The highest BCUT2D eigenvalue weighted by Gasteiger charge is 2.37. The van der Waals surface area contributed by atoms with Crippen LogP contribution in [-0.2, 0) is 18.9 Å². The molecule has 0 saturated carbocycles. The molecule has 0 aliphatic heterocycles. The van der Waals surface area contributed by atoms with E-state index in [4.69, 9.17) is 0 Å². The van der Waals surface area contributed by atoms with Crippen LogP contribution in [0.15, 0.2) is 33.9 Å². The molecule has 2 heterocycles. The van der Waals surface area contributed by atoms with Crippen LogP contribution in [-0.4, -0.2) is 21.8 Å². The lowest BCUT2D eigenvalue weighted by molar-refractivity contribution is -0.143. The summed E-state index contributed by atoms with van der Waals surface area (Å²) in [6, 6.07) is 0.478. The van der Waals surface area contributed by atoms with Gasteiger partial charge in [-0.2, -0.15) is 31.0 Å². The van der Waals surface area contributed by atoms with Crippen molar-refractivity contribution in [2.24, 2.45) is 0 Å². The number of alkyl halides is 6. The lowest BCUT2D eigenvalue weighted by Gasteiger charge is -2.15. The molecule has 9 nitrogen and oxygen atoms in total. The average Bonchev–Trinajstić information content (AvgIpc) is 3.08. The summed E-state index contributed by atoms with van der Waals surface area (Å²) in [5.74, 6) is -1.42. The van der Waals surface area contributed by atoms with Gasteiger partial charge in [0.15, 0.2) is 0 Å². The number of aromatic nitrogens is 1. The highest BCUT2D eigenvalue weighted by Crippen LogP contribution is 2.37. The van der Waals surface area contributed by atoms with Gasteiger partial charge in [0, 0.05) is 10.6 Å². The third kappa shape index (κ3) is 5.51. The van der Waals surface area contributed by atoms with Crippen molar-refractivity contribution in [2.75, 3.05) is 10.7 Å². The fourth-order valence-corrected chi connectivity index (χ4v) is 3.46. The number of nitrogens with one attached hydrogen (secondary N) is 3. The van der Waals surface area contributed by atoms with Crippen LogP contribution < -0.4 is 27.2 Å². The molecular formula is C17H10F6N4O5S. The van der Waals surface area contributed by atoms with Gasteiger partial charge < -0.3 is 15.7 Å². The predicted molar refractivity (Wildman–Crippen MR) is 102 cm³/mol. The van der Waals surface area contributed by atoms with E-state index < -0.39 is 52.3 Å². The zero-order valence-electron chi connectivity index (χ0n) is 15.7. The molecule has 33 heavy (non-hydrogen) atoms. The molecule has 0 radical (unpaired) electrons. The first kappa shape index (κ1) is 23.8. The number of carbonyl (C=O) groups excluding carboxylic acids is 1. The quantitative estimate of drug-likeness (QED) is 0.307. The maximum Gasteiger partial charge on any atom is 0.416 e. The number of nitrogens with zero attached hydrogens (tertiary/aromatic N) is 1. The summed E-state index contributed by atoms with van der Waals surface area (Å²) < 4.78 is 77.9. The number of anilines is 2. The van der Waals surface area contributed by atoms with E-state index in [1.807, 2.05) is 5.32 Å². The molecule has 1 aromatic carbocycles. The summed E-state index contributed by atoms with van der Waals surface area (Å²) in [4.78, 5) is 45.6. The lowest BCUT2D eigenvalue weighted by atomic mass is 10.1. The number of carboxylic acids is 1. The second-order valence-corrected chi connectivity index (χ2v) is 7.56. The molecule has 0 bridgehead atoms. The van der Waals surface area contributed by atoms with E-state index in [9.17, 15) is 50.6 Å². The molecule has 4 N–H and O–H groups in total. The Kier molecular flexibility index (Phi) is 5.97. The molecule has 0 spiro atoms. The van der Waals surface area contributed by atoms with Gasteiger partial charge in [0.25, 0.3) is 0 Å². The van der Waals surface area contributed by atoms with Crippen molar-refractivity contribution in [3.8, 4) is 0 Å². The summed E-state index contributed by atoms with van der Waals surface area (Å²) >= 11 is 0.742. The van der Waals surface area contributed by atoms with Crippen molar-refractivity contribution in [3.63, 3.8) is 0 Å². The third-order valence-electron chi connectivity index (χ3n) is 4.03. The van der Waals surface area contributed by atoms with Crippen LogP contribution in [0.4, 0.5) is 41.8 Å². The van der Waals surface area contributed by atoms with E-state index >= 15 is 0 Å². The Morgan fingerprint density at radius 3 is 1.94 bits per heavy atom. The summed E-state index contributed by atoms with van der Waals surface area (Å²) in [5, 5.41) is 13.1. The Balaban J connectivity index is 1.73. The van der Waals surface area contributed by atoms with Crippen LogP contribution in [0.1, 0.15) is 26.4 Å². The number of hydrogen-bond acceptors (Lipinski definition) is 6. The minimum atomic E-state index is -5.10. The van der Waals surface area contributed by atoms with E-state index in [2.05, 4.69) is 10.7 Å². The fraction of sp³-hybridized carbons (Fsp3) is 0.176. The second-order valence-electron chi connectivity index (χ2n) is 6.42. The molecule has 16 heteroatoms. The average molecular weight is 496 g/mol. The summed E-state index contributed by atoms with van der Waals surface area (Å²) in [6.07, 6.45) is -10.2. The maximum absolute atomic E-state index is 12.9. The smallest absolute Gasteiger partial charge is 0.416 e. The zero-order chi connectivity index (χ0) is 24.7. The largest absolute Gasteiger partial charge is 0.478 e. The van der Waals surface area contributed by atoms with Gasteiger partial charge in [-0.3, -0.25) is 15.0 Å². The highest BCUT2D eigenvalue weighted by molar-refractivity contribution is 7.16. The van der Waals surface area contributed by atoms with Crippen LogP contribution in [0.3, 0.4) is 0 Å². The van der Waals surface area contributed by atoms with Crippen LogP contribution in [0, 0.1) is 0 Å². The number of carbonyl (C=O) groups is 2. The number of amides is 2. The van der Waals surface area contributed by atoms with Crippen molar-refractivity contribution >= 4 is 34.0 Å². The summed E-state index contributed by atoms with van der Waals surface area (Å²) in [6.45, 7) is -0.370. The topological polar surface area (TPSA) is 130 Å². The standard InChI is InChI=1S/C17H10F6N4O5S/c18-16(19,20)6-1-7(17(21,22)23)3-8(2-6)25-15(32)24-5-9-4-10(14(30)31)11(33-9)26-27-12(28)13(27)29/h1-4,26H,5H2,(H,30,31)(H2,24,25,32). The molecule has 0 saturated heterocycles. The van der Waals surface area contributed by atoms with E-state index in [1.54, 1.807) is 0 Å². The number of halogens is 6. The number of hydrogen-bond donors (Lipinski definition) is 4. The van der Waals surface area contributed by atoms with Gasteiger partial charge >= 0.3 is 35.5 Å². The Hall–Kier alpha value is -3.82. The third-order valence-corrected chi connectivity index (χ3v) is 5.07. The van der Waals surface area contributed by atoms with Crippen molar-refractivity contribution in [1.29, 1.82) is 0 Å². The first-order valence-electron chi connectivity index (χ1n) is 8.52. The van der Waals surface area contributed by atoms with Crippen LogP contribution in [0.5, 0.6) is 0 Å². The number of rotatable bonds is 6. The molecular weight excluding hydrogens is 486 g/mol. The number of aromatic carboxylic acids is 1. The van der Waals surface area contributed by atoms with Gasteiger partial charge in [0.05, 0.1) is 23.2 Å². The molecule has 0 aliphatic rings. The minimum Gasteiger partial charge on any atom is -0.478 e. The molecule has 0 aliphatic carbocycles. The first-order valence-corrected chi connectivity index (χ1v) is 9.34. The van der Waals surface area contributed by atoms with Gasteiger partial charge in [-0.05, 0) is 24.3 Å². The Morgan fingerprint density at radius 2 is 1.48 bits per heavy atom. The molecule has 2 amide bonds. The van der Waals surface area contributed by atoms with E-state index in [0.717, 1.165) is 17.4 Å². The van der Waals surface area contributed by atoms with Gasteiger partial charge in [-0.25, -0.2) is 9.59 Å². The Morgan fingerprint density at radius 1 is 0.939 bits per heavy atom. The van der Waals surface area contributed by atoms with Gasteiger partial charge in [0.2, 0.25) is 0 Å². The van der Waals surface area contributed by atoms with Crippen LogP contribution in [0.25, 0.3) is 0 Å². The molecule has 176 valence electrons. The second kappa shape index (κ2) is 8.27. The zero-order valence-corrected chi connectivity index (χ0v) is 16.5. The van der Waals surface area contributed by atoms with Crippen LogP contribution in [0.2, 0.25) is 0 Å². The molecule has 0 fully saturated rings. The molecule has 3 aromatic rings. The van der Waals surface area contributed by atoms with Crippen LogP contribution >= 0.6 is 11.3 Å². The monoisotopic (exact) mass is 496 g/mol. The van der Waals surface area contributed by atoms with E-state index in [0.29, 0.717) is 16.8 Å². The number of urea groups is 1. The Labute approximate surface area is 181 Å². The number of benzene rings is 1. The molecule has 2 aromatic heterocycles. The minimum absolute atomic E-state index is 0.0952. The van der Waals surface area contributed by atoms with Crippen molar-refractivity contribution in [2.45, 2.75) is 18.9 Å². The van der Waals surface area contributed by atoms with Crippen molar-refractivity contribution in [1.82, 2.24) is 9.99 Å².